The number of methoxy groups -OCH3 is 1. The molecule has 1 aliphatic heterocycles. The minimum absolute atomic E-state index is 0.352. The molecule has 1 saturated carbocycles. The Morgan fingerprint density at radius 2 is 1.88 bits per heavy atom. The van der Waals surface area contributed by atoms with Crippen LogP contribution in [0.4, 0.5) is 0 Å². The minimum Gasteiger partial charge on any atom is -0.495 e. The smallest absolute Gasteiger partial charge is 0.177 e. The number of aliphatic hydroxyl groups is 2. The van der Waals surface area contributed by atoms with Gasteiger partial charge in [-0.3, -0.25) is 4.98 Å². The lowest BCUT2D eigenvalue weighted by molar-refractivity contribution is -0.152. The molecule has 1 aliphatic carbocycles. The minimum atomic E-state index is -1.83. The van der Waals surface area contributed by atoms with Gasteiger partial charge in [0.05, 0.1) is 42.8 Å². The number of nitrogens with one attached hydrogen (secondary N) is 1. The molecule has 7 heteroatoms. The van der Waals surface area contributed by atoms with Crippen molar-refractivity contribution in [1.82, 2.24) is 10.3 Å². The molecule has 1 aromatic heterocycles. The van der Waals surface area contributed by atoms with Crippen LogP contribution in [0.25, 0.3) is 0 Å². The van der Waals surface area contributed by atoms with Crippen LogP contribution in [0, 0.1) is 17.2 Å². The Hall–Kier alpha value is -3.44. The summed E-state index contributed by atoms with van der Waals surface area (Å²) in [7, 11) is 1.51. The molecule has 0 spiro atoms. The lowest BCUT2D eigenvalue weighted by atomic mass is 9.70. The van der Waals surface area contributed by atoms with E-state index in [-0.39, 0.29) is 5.92 Å². The highest BCUT2D eigenvalue weighted by Crippen LogP contribution is 2.69. The van der Waals surface area contributed by atoms with E-state index in [0.29, 0.717) is 34.7 Å². The number of hydrogen-bond donors (Lipinski definition) is 3. The maximum Gasteiger partial charge on any atom is 0.177 e. The Balaban J connectivity index is 1.83. The normalized spacial score (nSPS) is 29.1. The van der Waals surface area contributed by atoms with Gasteiger partial charge in [0.15, 0.2) is 11.2 Å². The fourth-order valence-electron chi connectivity index (χ4n) is 5.86. The summed E-state index contributed by atoms with van der Waals surface area (Å²) in [5.41, 5.74) is -0.714. The summed E-state index contributed by atoms with van der Waals surface area (Å²) in [5, 5.41) is 37.2. The van der Waals surface area contributed by atoms with Gasteiger partial charge >= 0.3 is 0 Å². The third-order valence-electron chi connectivity index (χ3n) is 7.25. The average molecular weight is 458 g/mol. The van der Waals surface area contributed by atoms with E-state index < -0.39 is 23.2 Å². The van der Waals surface area contributed by atoms with Crippen molar-refractivity contribution >= 4 is 0 Å². The number of aliphatic hydroxyl groups excluding tert-OH is 1. The molecule has 0 bridgehead atoms. The van der Waals surface area contributed by atoms with Crippen LogP contribution in [0.15, 0.2) is 67.0 Å². The standard InChI is InChI=1S/C27H27N3O4/c1-3-29-14-20-23(18-7-5-4-6-8-18)27(19-11-9-17(13-28)10-12-19)26(32,25(20)31)24-21(33-2)15-30-16-22(24)34-27/h4-12,15-16,20,23,25,29,31-32H,3,14H2,1-2H3/t20?,23?,25-,26+,27?/m1/s1. The summed E-state index contributed by atoms with van der Waals surface area (Å²) in [4.78, 5) is 4.23. The number of aromatic nitrogens is 1. The van der Waals surface area contributed by atoms with Gasteiger partial charge in [-0.05, 0) is 29.8 Å². The second-order valence-electron chi connectivity index (χ2n) is 8.81. The lowest BCUT2D eigenvalue weighted by Gasteiger charge is -2.41. The van der Waals surface area contributed by atoms with Crippen LogP contribution < -0.4 is 14.8 Å². The maximum atomic E-state index is 12.6. The van der Waals surface area contributed by atoms with E-state index in [4.69, 9.17) is 9.47 Å². The van der Waals surface area contributed by atoms with Crippen molar-refractivity contribution < 1.29 is 19.7 Å². The topological polar surface area (TPSA) is 108 Å². The van der Waals surface area contributed by atoms with E-state index in [9.17, 15) is 15.5 Å². The molecule has 5 rings (SSSR count). The van der Waals surface area contributed by atoms with E-state index in [0.717, 1.165) is 12.1 Å². The fraction of sp³-hybridized carbons (Fsp3) is 0.333. The van der Waals surface area contributed by atoms with Crippen LogP contribution in [-0.4, -0.2) is 41.5 Å². The van der Waals surface area contributed by atoms with Crippen molar-refractivity contribution in [2.24, 2.45) is 5.92 Å². The van der Waals surface area contributed by atoms with Crippen LogP contribution >= 0.6 is 0 Å². The van der Waals surface area contributed by atoms with E-state index in [1.54, 1.807) is 30.5 Å². The average Bonchev–Trinajstić information content (AvgIpc) is 3.26. The quantitative estimate of drug-likeness (QED) is 0.522. The van der Waals surface area contributed by atoms with Crippen molar-refractivity contribution in [3.8, 4) is 17.6 Å². The number of fused-ring (bicyclic) bond motifs is 3. The first kappa shape index (κ1) is 22.4. The number of benzene rings is 2. The van der Waals surface area contributed by atoms with Gasteiger partial charge in [0.2, 0.25) is 0 Å². The summed E-state index contributed by atoms with van der Waals surface area (Å²) < 4.78 is 12.3. The monoisotopic (exact) mass is 457 g/mol. The summed E-state index contributed by atoms with van der Waals surface area (Å²) >= 11 is 0. The zero-order valence-electron chi connectivity index (χ0n) is 19.1. The van der Waals surface area contributed by atoms with Crippen LogP contribution in [-0.2, 0) is 11.2 Å². The summed E-state index contributed by atoms with van der Waals surface area (Å²) in [5.74, 6) is -0.0784. The Kier molecular flexibility index (Phi) is 5.53. The number of nitriles is 1. The number of ether oxygens (including phenoxy) is 2. The highest BCUT2D eigenvalue weighted by atomic mass is 16.5. The molecule has 0 radical (unpaired) electrons. The number of pyridine rings is 1. The lowest BCUT2D eigenvalue weighted by Crippen LogP contribution is -2.52. The molecule has 2 heterocycles. The number of nitrogens with zero attached hydrogens (tertiary/aromatic N) is 2. The summed E-state index contributed by atoms with van der Waals surface area (Å²) in [6, 6.07) is 19.0. The molecule has 7 nitrogen and oxygen atoms in total. The van der Waals surface area contributed by atoms with Crippen molar-refractivity contribution in [3.05, 3.63) is 89.2 Å². The molecule has 3 aromatic rings. The third kappa shape index (κ3) is 2.90. The summed E-state index contributed by atoms with van der Waals surface area (Å²) in [6.45, 7) is 3.20. The SMILES string of the molecule is CCNCC1C(c2ccccc2)C2(c3ccc(C#N)cc3)Oc3cncc(OC)c3[C@]2(O)[C@@H]1O. The zero-order chi connectivity index (χ0) is 23.9. The Labute approximate surface area is 198 Å². The molecule has 2 aliphatic rings. The Bertz CT molecular complexity index is 1230. The zero-order valence-corrected chi connectivity index (χ0v) is 19.1. The molecule has 0 saturated heterocycles. The van der Waals surface area contributed by atoms with Crippen LogP contribution in [0.2, 0.25) is 0 Å². The summed E-state index contributed by atoms with van der Waals surface area (Å²) in [6.07, 6.45) is 1.90. The van der Waals surface area contributed by atoms with Gasteiger partial charge in [0, 0.05) is 18.4 Å². The first-order valence-electron chi connectivity index (χ1n) is 11.4. The number of hydrogen-bond acceptors (Lipinski definition) is 7. The van der Waals surface area contributed by atoms with E-state index >= 15 is 0 Å². The molecular weight excluding hydrogens is 430 g/mol. The van der Waals surface area contributed by atoms with Crippen molar-refractivity contribution in [1.29, 1.82) is 5.26 Å². The molecule has 5 atom stereocenters. The molecule has 174 valence electrons. The second kappa shape index (κ2) is 8.41. The molecule has 1 fully saturated rings. The van der Waals surface area contributed by atoms with E-state index in [1.165, 1.54) is 13.3 Å². The Morgan fingerprint density at radius 1 is 1.15 bits per heavy atom. The first-order valence-corrected chi connectivity index (χ1v) is 11.4. The van der Waals surface area contributed by atoms with E-state index in [2.05, 4.69) is 16.4 Å². The highest BCUT2D eigenvalue weighted by Gasteiger charge is 2.76. The highest BCUT2D eigenvalue weighted by molar-refractivity contribution is 5.59. The number of rotatable bonds is 6. The Morgan fingerprint density at radius 3 is 2.53 bits per heavy atom. The van der Waals surface area contributed by atoms with Gasteiger partial charge < -0.3 is 25.0 Å². The fourth-order valence-corrected chi connectivity index (χ4v) is 5.86. The van der Waals surface area contributed by atoms with Gasteiger partial charge in [0.25, 0.3) is 0 Å². The van der Waals surface area contributed by atoms with Gasteiger partial charge in [0.1, 0.15) is 11.5 Å². The maximum absolute atomic E-state index is 12.6. The van der Waals surface area contributed by atoms with Crippen LogP contribution in [0.5, 0.6) is 11.5 Å². The molecule has 3 N–H and O–H groups in total. The second-order valence-corrected chi connectivity index (χ2v) is 8.81. The van der Waals surface area contributed by atoms with Gasteiger partial charge in [-0.15, -0.1) is 0 Å². The molecule has 2 aromatic carbocycles. The molecular formula is C27H27N3O4. The molecule has 3 unspecified atom stereocenters. The third-order valence-corrected chi connectivity index (χ3v) is 7.25. The van der Waals surface area contributed by atoms with Gasteiger partial charge in [-0.2, -0.15) is 5.26 Å². The van der Waals surface area contributed by atoms with Crippen LogP contribution in [0.1, 0.15) is 35.1 Å². The predicted molar refractivity (Wildman–Crippen MR) is 125 cm³/mol. The molecule has 0 amide bonds. The van der Waals surface area contributed by atoms with Crippen LogP contribution in [0.3, 0.4) is 0 Å². The largest absolute Gasteiger partial charge is 0.495 e. The van der Waals surface area contributed by atoms with Crippen molar-refractivity contribution in [2.45, 2.75) is 30.1 Å². The first-order chi connectivity index (χ1) is 16.5. The van der Waals surface area contributed by atoms with E-state index in [1.807, 2.05) is 37.3 Å². The molecule has 34 heavy (non-hydrogen) atoms. The van der Waals surface area contributed by atoms with Gasteiger partial charge in [-0.1, -0.05) is 49.4 Å². The van der Waals surface area contributed by atoms with Crippen molar-refractivity contribution in [3.63, 3.8) is 0 Å². The van der Waals surface area contributed by atoms with Gasteiger partial charge in [-0.25, -0.2) is 0 Å². The predicted octanol–water partition coefficient (Wildman–Crippen LogP) is 2.82. The van der Waals surface area contributed by atoms with Crippen molar-refractivity contribution in [2.75, 3.05) is 20.2 Å².